The highest BCUT2D eigenvalue weighted by molar-refractivity contribution is 4.67. The third-order valence-electron chi connectivity index (χ3n) is 2.69. The standard InChI is InChI=1S/C13H30N2O/c1-6-16-9-7-8-14-10-13(4)15(5)11-12(2)3/h12-14H,6-11H2,1-5H3. The van der Waals surface area contributed by atoms with Gasteiger partial charge in [0.05, 0.1) is 0 Å². The number of hydrogen-bond donors (Lipinski definition) is 1. The van der Waals surface area contributed by atoms with Crippen LogP contribution in [-0.4, -0.2) is 50.8 Å². The van der Waals surface area contributed by atoms with E-state index in [2.05, 4.69) is 38.0 Å². The van der Waals surface area contributed by atoms with Crippen molar-refractivity contribution in [3.05, 3.63) is 0 Å². The fourth-order valence-electron chi connectivity index (χ4n) is 1.67. The molecule has 16 heavy (non-hydrogen) atoms. The second kappa shape index (κ2) is 10.1. The number of hydrogen-bond acceptors (Lipinski definition) is 3. The zero-order valence-electron chi connectivity index (χ0n) is 11.8. The summed E-state index contributed by atoms with van der Waals surface area (Å²) >= 11 is 0. The summed E-state index contributed by atoms with van der Waals surface area (Å²) in [5, 5.41) is 3.48. The summed E-state index contributed by atoms with van der Waals surface area (Å²) in [7, 11) is 2.20. The maximum Gasteiger partial charge on any atom is 0.0477 e. The number of likely N-dealkylation sites (N-methyl/N-ethyl adjacent to an activating group) is 1. The van der Waals surface area contributed by atoms with Gasteiger partial charge in [0.25, 0.3) is 0 Å². The number of ether oxygens (including phenoxy) is 1. The van der Waals surface area contributed by atoms with Gasteiger partial charge in [0.2, 0.25) is 0 Å². The van der Waals surface area contributed by atoms with Crippen molar-refractivity contribution in [2.75, 3.05) is 39.9 Å². The summed E-state index contributed by atoms with van der Waals surface area (Å²) in [4.78, 5) is 2.42. The van der Waals surface area contributed by atoms with E-state index >= 15 is 0 Å². The van der Waals surface area contributed by atoms with Crippen molar-refractivity contribution >= 4 is 0 Å². The van der Waals surface area contributed by atoms with E-state index in [4.69, 9.17) is 4.74 Å². The van der Waals surface area contributed by atoms with Crippen LogP contribution in [0.4, 0.5) is 0 Å². The molecule has 0 spiro atoms. The van der Waals surface area contributed by atoms with Gasteiger partial charge in [-0.1, -0.05) is 13.8 Å². The molecule has 0 rings (SSSR count). The smallest absolute Gasteiger partial charge is 0.0477 e. The minimum atomic E-state index is 0.606. The first-order chi connectivity index (χ1) is 7.57. The van der Waals surface area contributed by atoms with Crippen LogP contribution in [0, 0.1) is 5.92 Å². The van der Waals surface area contributed by atoms with Crippen LogP contribution in [0.1, 0.15) is 34.1 Å². The fraction of sp³-hybridized carbons (Fsp3) is 1.00. The molecule has 1 atom stereocenters. The van der Waals surface area contributed by atoms with Gasteiger partial charge < -0.3 is 15.0 Å². The Bertz CT molecular complexity index is 151. The maximum absolute atomic E-state index is 5.29. The van der Waals surface area contributed by atoms with E-state index in [9.17, 15) is 0 Å². The van der Waals surface area contributed by atoms with Crippen LogP contribution >= 0.6 is 0 Å². The lowest BCUT2D eigenvalue weighted by atomic mass is 10.2. The van der Waals surface area contributed by atoms with Crippen molar-refractivity contribution in [2.45, 2.75) is 40.2 Å². The Morgan fingerprint density at radius 2 is 1.94 bits per heavy atom. The molecule has 0 amide bonds. The Morgan fingerprint density at radius 3 is 2.50 bits per heavy atom. The lowest BCUT2D eigenvalue weighted by molar-refractivity contribution is 0.144. The highest BCUT2D eigenvalue weighted by Gasteiger charge is 2.09. The second-order valence-corrected chi connectivity index (χ2v) is 4.94. The molecule has 0 heterocycles. The number of nitrogens with one attached hydrogen (secondary N) is 1. The van der Waals surface area contributed by atoms with Gasteiger partial charge in [-0.15, -0.1) is 0 Å². The van der Waals surface area contributed by atoms with Gasteiger partial charge in [0.1, 0.15) is 0 Å². The van der Waals surface area contributed by atoms with Crippen LogP contribution in [0.25, 0.3) is 0 Å². The Hall–Kier alpha value is -0.120. The van der Waals surface area contributed by atoms with E-state index in [0.29, 0.717) is 6.04 Å². The summed E-state index contributed by atoms with van der Waals surface area (Å²) in [5.41, 5.74) is 0. The van der Waals surface area contributed by atoms with Crippen molar-refractivity contribution in [1.82, 2.24) is 10.2 Å². The molecule has 0 saturated heterocycles. The molecule has 0 aliphatic rings. The van der Waals surface area contributed by atoms with E-state index in [1.165, 1.54) is 6.54 Å². The highest BCUT2D eigenvalue weighted by atomic mass is 16.5. The molecule has 0 bridgehead atoms. The first-order valence-corrected chi connectivity index (χ1v) is 6.56. The second-order valence-electron chi connectivity index (χ2n) is 4.94. The zero-order chi connectivity index (χ0) is 12.4. The molecular formula is C13H30N2O. The van der Waals surface area contributed by atoms with Gasteiger partial charge in [-0.05, 0) is 39.8 Å². The summed E-state index contributed by atoms with van der Waals surface area (Å²) < 4.78 is 5.29. The van der Waals surface area contributed by atoms with Crippen LogP contribution in [0.5, 0.6) is 0 Å². The predicted molar refractivity (Wildman–Crippen MR) is 70.9 cm³/mol. The van der Waals surface area contributed by atoms with Crippen molar-refractivity contribution in [2.24, 2.45) is 5.92 Å². The minimum absolute atomic E-state index is 0.606. The molecule has 0 radical (unpaired) electrons. The average Bonchev–Trinajstić information content (AvgIpc) is 2.21. The van der Waals surface area contributed by atoms with E-state index in [1.807, 2.05) is 6.92 Å². The van der Waals surface area contributed by atoms with Crippen molar-refractivity contribution < 1.29 is 4.74 Å². The molecule has 98 valence electrons. The van der Waals surface area contributed by atoms with Gasteiger partial charge in [-0.25, -0.2) is 0 Å². The van der Waals surface area contributed by atoms with Crippen molar-refractivity contribution in [3.8, 4) is 0 Å². The molecule has 1 unspecified atom stereocenters. The summed E-state index contributed by atoms with van der Waals surface area (Å²) in [6.45, 7) is 13.8. The van der Waals surface area contributed by atoms with Crippen LogP contribution in [0.2, 0.25) is 0 Å². The monoisotopic (exact) mass is 230 g/mol. The van der Waals surface area contributed by atoms with Gasteiger partial charge >= 0.3 is 0 Å². The molecule has 0 aliphatic carbocycles. The van der Waals surface area contributed by atoms with Gasteiger partial charge in [0, 0.05) is 32.3 Å². The SMILES string of the molecule is CCOCCCNCC(C)N(C)CC(C)C. The number of nitrogens with zero attached hydrogens (tertiary/aromatic N) is 1. The van der Waals surface area contributed by atoms with Crippen molar-refractivity contribution in [3.63, 3.8) is 0 Å². The summed E-state index contributed by atoms with van der Waals surface area (Å²) in [6, 6.07) is 0.606. The molecule has 3 nitrogen and oxygen atoms in total. The Balaban J connectivity index is 3.38. The Kier molecular flexibility index (Phi) is 9.99. The normalized spacial score (nSPS) is 13.7. The molecule has 3 heteroatoms. The predicted octanol–water partition coefficient (Wildman–Crippen LogP) is 1.98. The molecule has 1 N–H and O–H groups in total. The number of rotatable bonds is 10. The summed E-state index contributed by atoms with van der Waals surface area (Å²) in [5.74, 6) is 0.741. The zero-order valence-corrected chi connectivity index (χ0v) is 11.8. The van der Waals surface area contributed by atoms with Crippen LogP contribution in [0.15, 0.2) is 0 Å². The third kappa shape index (κ3) is 9.13. The minimum Gasteiger partial charge on any atom is -0.382 e. The highest BCUT2D eigenvalue weighted by Crippen LogP contribution is 2.00. The molecular weight excluding hydrogens is 200 g/mol. The van der Waals surface area contributed by atoms with Gasteiger partial charge in [0.15, 0.2) is 0 Å². The van der Waals surface area contributed by atoms with E-state index in [0.717, 1.165) is 38.6 Å². The van der Waals surface area contributed by atoms with Gasteiger partial charge in [-0.2, -0.15) is 0 Å². The maximum atomic E-state index is 5.29. The molecule has 0 saturated carbocycles. The molecule has 0 aliphatic heterocycles. The largest absolute Gasteiger partial charge is 0.382 e. The van der Waals surface area contributed by atoms with Crippen molar-refractivity contribution in [1.29, 1.82) is 0 Å². The third-order valence-corrected chi connectivity index (χ3v) is 2.69. The van der Waals surface area contributed by atoms with E-state index < -0.39 is 0 Å². The van der Waals surface area contributed by atoms with E-state index in [1.54, 1.807) is 0 Å². The lowest BCUT2D eigenvalue weighted by Crippen LogP contribution is -2.40. The molecule has 0 aromatic heterocycles. The van der Waals surface area contributed by atoms with Crippen LogP contribution in [0.3, 0.4) is 0 Å². The van der Waals surface area contributed by atoms with Crippen LogP contribution < -0.4 is 5.32 Å². The van der Waals surface area contributed by atoms with Gasteiger partial charge in [-0.3, -0.25) is 0 Å². The van der Waals surface area contributed by atoms with E-state index in [-0.39, 0.29) is 0 Å². The first-order valence-electron chi connectivity index (χ1n) is 6.56. The lowest BCUT2D eigenvalue weighted by Gasteiger charge is -2.26. The fourth-order valence-corrected chi connectivity index (χ4v) is 1.67. The summed E-state index contributed by atoms with van der Waals surface area (Å²) in [6.07, 6.45) is 1.11. The molecule has 0 aromatic rings. The molecule has 0 aromatic carbocycles. The Labute approximate surface area is 102 Å². The Morgan fingerprint density at radius 1 is 1.25 bits per heavy atom. The first kappa shape index (κ1) is 15.9. The molecule has 0 fully saturated rings. The average molecular weight is 230 g/mol. The van der Waals surface area contributed by atoms with Crippen LogP contribution in [-0.2, 0) is 4.74 Å². The topological polar surface area (TPSA) is 24.5 Å². The quantitative estimate of drug-likeness (QED) is 0.581.